The Hall–Kier alpha value is -0.990. The molecule has 2 fully saturated rings. The van der Waals surface area contributed by atoms with Gasteiger partial charge in [-0.2, -0.15) is 0 Å². The number of ether oxygens (including phenoxy) is 1. The van der Waals surface area contributed by atoms with E-state index in [0.717, 1.165) is 5.75 Å². The fourth-order valence-electron chi connectivity index (χ4n) is 3.20. The summed E-state index contributed by atoms with van der Waals surface area (Å²) in [5.74, 6) is 0.950. The Morgan fingerprint density at radius 1 is 1.20 bits per heavy atom. The van der Waals surface area contributed by atoms with Gasteiger partial charge in [-0.1, -0.05) is 30.2 Å². The zero-order chi connectivity index (χ0) is 13.1. The van der Waals surface area contributed by atoms with Crippen LogP contribution >= 0.6 is 12.4 Å². The van der Waals surface area contributed by atoms with Gasteiger partial charge in [-0.05, 0) is 56.5 Å². The summed E-state index contributed by atoms with van der Waals surface area (Å²) in [6.45, 7) is 2.58. The summed E-state index contributed by atoms with van der Waals surface area (Å²) in [6, 6.07) is 9.10. The minimum atomic E-state index is 0. The lowest BCUT2D eigenvalue weighted by Crippen LogP contribution is -2.46. The lowest BCUT2D eigenvalue weighted by molar-refractivity contribution is 0.121. The molecule has 0 aromatic heterocycles. The van der Waals surface area contributed by atoms with E-state index in [1.165, 1.54) is 50.8 Å². The van der Waals surface area contributed by atoms with Gasteiger partial charge >= 0.3 is 0 Å². The molecule has 2 aliphatic rings. The predicted octanol–water partition coefficient (Wildman–Crippen LogP) is 4.15. The first kappa shape index (κ1) is 15.4. The normalized spacial score (nSPS) is 24.9. The quantitative estimate of drug-likeness (QED) is 0.830. The number of halogens is 1. The molecule has 1 unspecified atom stereocenters. The van der Waals surface area contributed by atoms with Crippen LogP contribution in [0.15, 0.2) is 29.8 Å². The van der Waals surface area contributed by atoms with Crippen molar-refractivity contribution in [2.24, 2.45) is 0 Å². The van der Waals surface area contributed by atoms with Gasteiger partial charge in [-0.3, -0.25) is 4.90 Å². The second-order valence-corrected chi connectivity index (χ2v) is 5.65. The average molecular weight is 294 g/mol. The molecule has 1 heterocycles. The molecular weight excluding hydrogens is 270 g/mol. The Balaban J connectivity index is 0.00000147. The maximum atomic E-state index is 5.31. The van der Waals surface area contributed by atoms with Crippen molar-refractivity contribution in [2.75, 3.05) is 20.2 Å². The van der Waals surface area contributed by atoms with E-state index in [4.69, 9.17) is 4.74 Å². The molecule has 1 saturated heterocycles. The van der Waals surface area contributed by atoms with E-state index in [0.29, 0.717) is 6.04 Å². The molecule has 1 aliphatic carbocycles. The van der Waals surface area contributed by atoms with E-state index in [2.05, 4.69) is 29.2 Å². The highest BCUT2D eigenvalue weighted by atomic mass is 35.5. The number of nitrogens with zero attached hydrogens (tertiary/aromatic N) is 1. The molecule has 1 atom stereocenters. The fraction of sp³-hybridized carbons (Fsp3) is 0.529. The molecule has 3 heteroatoms. The average Bonchev–Trinajstić information content (AvgIpc) is 2.39. The molecular formula is C17H24ClNO. The van der Waals surface area contributed by atoms with Gasteiger partial charge in [0.1, 0.15) is 5.75 Å². The van der Waals surface area contributed by atoms with E-state index in [1.807, 2.05) is 6.07 Å². The zero-order valence-corrected chi connectivity index (χ0v) is 13.0. The highest BCUT2D eigenvalue weighted by Gasteiger charge is 2.28. The number of rotatable bonds is 3. The highest BCUT2D eigenvalue weighted by molar-refractivity contribution is 5.85. The number of hydrogen-bond donors (Lipinski definition) is 0. The van der Waals surface area contributed by atoms with Crippen molar-refractivity contribution in [3.63, 3.8) is 0 Å². The first-order valence-corrected chi connectivity index (χ1v) is 7.45. The summed E-state index contributed by atoms with van der Waals surface area (Å²) in [6.07, 6.45) is 9.11. The van der Waals surface area contributed by atoms with E-state index >= 15 is 0 Å². The largest absolute Gasteiger partial charge is 0.497 e. The molecule has 1 aromatic carbocycles. The highest BCUT2D eigenvalue weighted by Crippen LogP contribution is 2.32. The van der Waals surface area contributed by atoms with Crippen LogP contribution in [0.25, 0.3) is 6.08 Å². The van der Waals surface area contributed by atoms with Crippen LogP contribution in [0.3, 0.4) is 0 Å². The fourth-order valence-corrected chi connectivity index (χ4v) is 3.20. The Morgan fingerprint density at radius 3 is 2.75 bits per heavy atom. The molecule has 0 radical (unpaired) electrons. The van der Waals surface area contributed by atoms with Gasteiger partial charge in [0.2, 0.25) is 0 Å². The summed E-state index contributed by atoms with van der Waals surface area (Å²) in [7, 11) is 1.73. The Kier molecular flexibility index (Phi) is 5.50. The van der Waals surface area contributed by atoms with Crippen LogP contribution in [0.5, 0.6) is 5.75 Å². The molecule has 3 rings (SSSR count). The first-order chi connectivity index (χ1) is 9.36. The van der Waals surface area contributed by atoms with Crippen molar-refractivity contribution in [3.8, 4) is 5.75 Å². The second-order valence-electron chi connectivity index (χ2n) is 5.65. The molecule has 0 spiro atoms. The third-order valence-electron chi connectivity index (χ3n) is 4.40. The second kappa shape index (κ2) is 7.14. The molecule has 110 valence electrons. The summed E-state index contributed by atoms with van der Waals surface area (Å²) in [5, 5.41) is 0. The van der Waals surface area contributed by atoms with Crippen molar-refractivity contribution >= 4 is 18.5 Å². The Bertz CT molecular complexity index is 468. The van der Waals surface area contributed by atoms with Crippen LogP contribution in [0.2, 0.25) is 0 Å². The van der Waals surface area contributed by atoms with Gasteiger partial charge in [0.15, 0.2) is 0 Å². The van der Waals surface area contributed by atoms with Gasteiger partial charge in [0.05, 0.1) is 7.11 Å². The molecule has 0 N–H and O–H groups in total. The van der Waals surface area contributed by atoms with Crippen LogP contribution < -0.4 is 4.74 Å². The Morgan fingerprint density at radius 2 is 2.05 bits per heavy atom. The number of likely N-dealkylation sites (tertiary alicyclic amines) is 1. The summed E-state index contributed by atoms with van der Waals surface area (Å²) < 4.78 is 5.31. The summed E-state index contributed by atoms with van der Waals surface area (Å²) in [4.78, 5) is 2.64. The SMILES string of the molecule is COc1cccc(/C=C2/CCCCC2N2CCC2)c1.Cl. The minimum Gasteiger partial charge on any atom is -0.497 e. The van der Waals surface area contributed by atoms with Gasteiger partial charge in [-0.25, -0.2) is 0 Å². The van der Waals surface area contributed by atoms with Crippen LogP contribution in [-0.2, 0) is 0 Å². The lowest BCUT2D eigenvalue weighted by atomic mass is 9.86. The summed E-state index contributed by atoms with van der Waals surface area (Å²) >= 11 is 0. The van der Waals surface area contributed by atoms with Gasteiger partial charge < -0.3 is 4.74 Å². The molecule has 2 nitrogen and oxygen atoms in total. The standard InChI is InChI=1S/C17H23NO.ClH/c1-19-16-8-4-6-14(13-16)12-15-7-2-3-9-17(15)18-10-5-11-18;/h4,6,8,12-13,17H,2-3,5,7,9-11H2,1H3;1H/b15-12-;. The van der Waals surface area contributed by atoms with Crippen LogP contribution in [-0.4, -0.2) is 31.1 Å². The van der Waals surface area contributed by atoms with Gasteiger partial charge in [-0.15, -0.1) is 12.4 Å². The van der Waals surface area contributed by atoms with E-state index < -0.39 is 0 Å². The van der Waals surface area contributed by atoms with Gasteiger partial charge in [0.25, 0.3) is 0 Å². The van der Waals surface area contributed by atoms with E-state index in [9.17, 15) is 0 Å². The van der Waals surface area contributed by atoms with Crippen LogP contribution in [0.4, 0.5) is 0 Å². The van der Waals surface area contributed by atoms with Crippen LogP contribution in [0.1, 0.15) is 37.7 Å². The number of benzene rings is 1. The van der Waals surface area contributed by atoms with Crippen molar-refractivity contribution in [2.45, 2.75) is 38.1 Å². The summed E-state index contributed by atoms with van der Waals surface area (Å²) in [5.41, 5.74) is 2.90. The Labute approximate surface area is 128 Å². The third kappa shape index (κ3) is 3.36. The molecule has 1 saturated carbocycles. The maximum Gasteiger partial charge on any atom is 0.119 e. The molecule has 20 heavy (non-hydrogen) atoms. The molecule has 1 aromatic rings. The predicted molar refractivity (Wildman–Crippen MR) is 86.7 cm³/mol. The van der Waals surface area contributed by atoms with Crippen molar-refractivity contribution in [1.82, 2.24) is 4.90 Å². The monoisotopic (exact) mass is 293 g/mol. The first-order valence-electron chi connectivity index (χ1n) is 7.45. The van der Waals surface area contributed by atoms with E-state index in [-0.39, 0.29) is 12.4 Å². The van der Waals surface area contributed by atoms with Crippen molar-refractivity contribution in [1.29, 1.82) is 0 Å². The minimum absolute atomic E-state index is 0. The smallest absolute Gasteiger partial charge is 0.119 e. The van der Waals surface area contributed by atoms with Gasteiger partial charge in [0, 0.05) is 6.04 Å². The van der Waals surface area contributed by atoms with Crippen LogP contribution in [0, 0.1) is 0 Å². The maximum absolute atomic E-state index is 5.31. The molecule has 0 bridgehead atoms. The topological polar surface area (TPSA) is 12.5 Å². The number of methoxy groups -OCH3 is 1. The molecule has 0 amide bonds. The lowest BCUT2D eigenvalue weighted by Gasteiger charge is -2.42. The van der Waals surface area contributed by atoms with Crippen molar-refractivity contribution in [3.05, 3.63) is 35.4 Å². The number of hydrogen-bond acceptors (Lipinski definition) is 2. The van der Waals surface area contributed by atoms with E-state index in [1.54, 1.807) is 12.7 Å². The zero-order valence-electron chi connectivity index (χ0n) is 12.2. The van der Waals surface area contributed by atoms with Crippen molar-refractivity contribution < 1.29 is 4.74 Å². The molecule has 1 aliphatic heterocycles. The third-order valence-corrected chi connectivity index (χ3v) is 4.40.